The summed E-state index contributed by atoms with van der Waals surface area (Å²) in [6.45, 7) is 2.68. The number of thiazole rings is 1. The Morgan fingerprint density at radius 2 is 2.30 bits per heavy atom. The summed E-state index contributed by atoms with van der Waals surface area (Å²) in [5, 5.41) is 10.9. The number of hydrogen-bond donors (Lipinski definition) is 0. The molecular formula is C12H11ClN4O2S. The van der Waals surface area contributed by atoms with Crippen LogP contribution in [0.2, 0.25) is 5.15 Å². The zero-order chi connectivity index (χ0) is 14.3. The van der Waals surface area contributed by atoms with Gasteiger partial charge in [0.25, 0.3) is 0 Å². The molecule has 0 radical (unpaired) electrons. The zero-order valence-corrected chi connectivity index (χ0v) is 12.5. The second-order valence-corrected chi connectivity index (χ2v) is 5.52. The van der Waals surface area contributed by atoms with Crippen LogP contribution in [0, 0.1) is 6.92 Å². The highest BCUT2D eigenvalue weighted by Gasteiger charge is 2.28. The van der Waals surface area contributed by atoms with Crippen LogP contribution in [0.15, 0.2) is 5.38 Å². The van der Waals surface area contributed by atoms with Crippen LogP contribution in [-0.4, -0.2) is 34.8 Å². The first-order chi connectivity index (χ1) is 9.61. The average molecular weight is 311 g/mol. The molecule has 3 rings (SSSR count). The molecule has 0 fully saturated rings. The molecule has 1 aliphatic rings. The number of esters is 1. The predicted molar refractivity (Wildman–Crippen MR) is 75.9 cm³/mol. The van der Waals surface area contributed by atoms with Crippen molar-refractivity contribution >= 4 is 39.9 Å². The van der Waals surface area contributed by atoms with Gasteiger partial charge in [0.15, 0.2) is 21.8 Å². The Balaban J connectivity index is 1.97. The number of rotatable bonds is 2. The maximum absolute atomic E-state index is 11.4. The lowest BCUT2D eigenvalue weighted by molar-refractivity contribution is 0.0595. The molecule has 0 unspecified atom stereocenters. The molecule has 20 heavy (non-hydrogen) atoms. The van der Waals surface area contributed by atoms with Crippen molar-refractivity contribution in [3.63, 3.8) is 0 Å². The van der Waals surface area contributed by atoms with Crippen molar-refractivity contribution < 1.29 is 9.53 Å². The Kier molecular flexibility index (Phi) is 3.31. The van der Waals surface area contributed by atoms with Crippen LogP contribution in [0.4, 0.5) is 10.9 Å². The molecule has 0 amide bonds. The van der Waals surface area contributed by atoms with Crippen LogP contribution in [0.3, 0.4) is 0 Å². The van der Waals surface area contributed by atoms with Gasteiger partial charge in [-0.2, -0.15) is 0 Å². The minimum absolute atomic E-state index is 0.305. The highest BCUT2D eigenvalue weighted by atomic mass is 35.5. The van der Waals surface area contributed by atoms with Gasteiger partial charge in [-0.05, 0) is 18.9 Å². The highest BCUT2D eigenvalue weighted by Crippen LogP contribution is 2.36. The van der Waals surface area contributed by atoms with Crippen molar-refractivity contribution in [1.82, 2.24) is 15.2 Å². The minimum atomic E-state index is -0.440. The number of fused-ring (bicyclic) bond motifs is 1. The summed E-state index contributed by atoms with van der Waals surface area (Å²) in [5.74, 6) is 0.322. The lowest BCUT2D eigenvalue weighted by atomic mass is 10.1. The third-order valence-corrected chi connectivity index (χ3v) is 4.45. The van der Waals surface area contributed by atoms with Crippen LogP contribution < -0.4 is 4.90 Å². The third-order valence-electron chi connectivity index (χ3n) is 3.22. The average Bonchev–Trinajstić information content (AvgIpc) is 3.08. The maximum atomic E-state index is 11.4. The van der Waals surface area contributed by atoms with Gasteiger partial charge in [-0.1, -0.05) is 11.6 Å². The number of aromatic nitrogens is 3. The normalized spacial score (nSPS) is 13.4. The molecule has 6 nitrogen and oxygen atoms in total. The van der Waals surface area contributed by atoms with Gasteiger partial charge in [0, 0.05) is 17.5 Å². The summed E-state index contributed by atoms with van der Waals surface area (Å²) in [5.41, 5.74) is 2.34. The molecular weight excluding hydrogens is 300 g/mol. The molecule has 0 spiro atoms. The lowest BCUT2D eigenvalue weighted by Gasteiger charge is -2.14. The van der Waals surface area contributed by atoms with E-state index in [0.717, 1.165) is 29.9 Å². The quantitative estimate of drug-likeness (QED) is 0.793. The van der Waals surface area contributed by atoms with E-state index >= 15 is 0 Å². The molecule has 0 atom stereocenters. The first kappa shape index (κ1) is 13.3. The Labute approximate surface area is 124 Å². The number of anilines is 2. The van der Waals surface area contributed by atoms with Crippen molar-refractivity contribution in [3.8, 4) is 0 Å². The van der Waals surface area contributed by atoms with Gasteiger partial charge in [-0.3, -0.25) is 0 Å². The minimum Gasteiger partial charge on any atom is -0.464 e. The number of hydrogen-bond acceptors (Lipinski definition) is 7. The van der Waals surface area contributed by atoms with E-state index in [0.29, 0.717) is 16.0 Å². The second-order valence-electron chi connectivity index (χ2n) is 4.33. The molecule has 0 aliphatic carbocycles. The lowest BCUT2D eigenvalue weighted by Crippen LogP contribution is -2.15. The molecule has 3 heterocycles. The summed E-state index contributed by atoms with van der Waals surface area (Å²) in [6.07, 6.45) is 0.837. The van der Waals surface area contributed by atoms with Gasteiger partial charge < -0.3 is 9.64 Å². The Morgan fingerprint density at radius 3 is 3.05 bits per heavy atom. The number of nitrogens with zero attached hydrogens (tertiary/aromatic N) is 4. The van der Waals surface area contributed by atoms with E-state index in [4.69, 9.17) is 11.6 Å². The molecule has 0 aromatic carbocycles. The molecule has 2 aromatic rings. The van der Waals surface area contributed by atoms with Crippen molar-refractivity contribution in [1.29, 1.82) is 0 Å². The Bertz CT molecular complexity index is 688. The number of methoxy groups -OCH3 is 1. The first-order valence-electron chi connectivity index (χ1n) is 5.95. The second kappa shape index (κ2) is 4.99. The fourth-order valence-corrected chi connectivity index (χ4v) is 3.11. The van der Waals surface area contributed by atoms with Crippen molar-refractivity contribution in [3.05, 3.63) is 27.4 Å². The van der Waals surface area contributed by atoms with Crippen molar-refractivity contribution in [2.24, 2.45) is 0 Å². The third kappa shape index (κ3) is 2.03. The Hall–Kier alpha value is -1.73. The van der Waals surface area contributed by atoms with E-state index in [9.17, 15) is 4.79 Å². The summed E-state index contributed by atoms with van der Waals surface area (Å²) in [7, 11) is 1.34. The van der Waals surface area contributed by atoms with Crippen molar-refractivity contribution in [2.75, 3.05) is 18.6 Å². The fraction of sp³-hybridized carbons (Fsp3) is 0.333. The topological polar surface area (TPSA) is 68.2 Å². The molecule has 2 aromatic heterocycles. The molecule has 0 saturated carbocycles. The molecule has 104 valence electrons. The summed E-state index contributed by atoms with van der Waals surface area (Å²) in [4.78, 5) is 17.7. The van der Waals surface area contributed by atoms with Gasteiger partial charge >= 0.3 is 5.97 Å². The Morgan fingerprint density at radius 1 is 1.50 bits per heavy atom. The number of ether oxygens (including phenoxy) is 1. The van der Waals surface area contributed by atoms with Gasteiger partial charge in [-0.25, -0.2) is 9.78 Å². The fourth-order valence-electron chi connectivity index (χ4n) is 2.14. The van der Waals surface area contributed by atoms with E-state index in [1.54, 1.807) is 5.38 Å². The number of carbonyl (C=O) groups is 1. The van der Waals surface area contributed by atoms with E-state index in [1.807, 2.05) is 11.8 Å². The van der Waals surface area contributed by atoms with E-state index < -0.39 is 5.97 Å². The van der Waals surface area contributed by atoms with Gasteiger partial charge in [0.05, 0.1) is 7.11 Å². The molecule has 0 saturated heterocycles. The van der Waals surface area contributed by atoms with Gasteiger partial charge in [-0.15, -0.1) is 21.5 Å². The van der Waals surface area contributed by atoms with Crippen LogP contribution in [-0.2, 0) is 11.2 Å². The molecule has 1 aliphatic heterocycles. The first-order valence-corrected chi connectivity index (χ1v) is 7.20. The molecule has 0 bridgehead atoms. The van der Waals surface area contributed by atoms with Crippen LogP contribution >= 0.6 is 22.9 Å². The molecule has 0 N–H and O–H groups in total. The monoisotopic (exact) mass is 310 g/mol. The molecule has 8 heteroatoms. The summed E-state index contributed by atoms with van der Waals surface area (Å²) in [6, 6.07) is 0. The van der Waals surface area contributed by atoms with E-state index in [-0.39, 0.29) is 0 Å². The largest absolute Gasteiger partial charge is 0.464 e. The van der Waals surface area contributed by atoms with Crippen molar-refractivity contribution in [2.45, 2.75) is 13.3 Å². The summed E-state index contributed by atoms with van der Waals surface area (Å²) >= 11 is 7.36. The standard InChI is InChI=1S/C12H11ClN4O2S/c1-6-7-3-4-17(10(7)16-15-9(6)13)12-14-8(5-20-12)11(18)19-2/h5H,3-4H2,1-2H3. The van der Waals surface area contributed by atoms with Crippen LogP contribution in [0.5, 0.6) is 0 Å². The SMILES string of the molecule is COC(=O)c1csc(N2CCc3c2nnc(Cl)c3C)n1. The summed E-state index contributed by atoms with van der Waals surface area (Å²) < 4.78 is 4.66. The van der Waals surface area contributed by atoms with Gasteiger partial charge in [0.2, 0.25) is 0 Å². The van der Waals surface area contributed by atoms with Gasteiger partial charge in [0.1, 0.15) is 0 Å². The number of halogens is 1. The zero-order valence-electron chi connectivity index (χ0n) is 10.9. The van der Waals surface area contributed by atoms with Crippen LogP contribution in [0.25, 0.3) is 0 Å². The highest BCUT2D eigenvalue weighted by molar-refractivity contribution is 7.14. The van der Waals surface area contributed by atoms with E-state index in [1.165, 1.54) is 18.4 Å². The van der Waals surface area contributed by atoms with E-state index in [2.05, 4.69) is 19.9 Å². The number of carbonyl (C=O) groups excluding carboxylic acids is 1. The predicted octanol–water partition coefficient (Wildman–Crippen LogP) is 2.38. The maximum Gasteiger partial charge on any atom is 0.357 e. The van der Waals surface area contributed by atoms with Crippen LogP contribution in [0.1, 0.15) is 21.6 Å². The smallest absolute Gasteiger partial charge is 0.357 e.